The van der Waals surface area contributed by atoms with E-state index in [0.717, 1.165) is 0 Å². The van der Waals surface area contributed by atoms with E-state index in [1.165, 1.54) is 6.20 Å². The van der Waals surface area contributed by atoms with Crippen LogP contribution in [0.2, 0.25) is 0 Å². The number of para-hydroxylation sites is 1. The zero-order chi connectivity index (χ0) is 18.4. The average Bonchev–Trinajstić information content (AvgIpc) is 2.68. The van der Waals surface area contributed by atoms with Crippen LogP contribution in [0.1, 0.15) is 5.56 Å². The second-order valence-corrected chi connectivity index (χ2v) is 5.14. The third kappa shape index (κ3) is 3.79. The molecule has 2 N–H and O–H groups in total. The molecule has 0 aliphatic heterocycles. The number of aromatic nitrogens is 3. The number of benzene rings is 2. The van der Waals surface area contributed by atoms with Crippen LogP contribution < -0.4 is 20.1 Å². The first-order chi connectivity index (χ1) is 12.7. The van der Waals surface area contributed by atoms with Crippen molar-refractivity contribution in [2.75, 3.05) is 24.9 Å². The zero-order valence-electron chi connectivity index (χ0n) is 14.2. The predicted molar refractivity (Wildman–Crippen MR) is 97.1 cm³/mol. The van der Waals surface area contributed by atoms with E-state index in [2.05, 4.69) is 31.9 Å². The summed E-state index contributed by atoms with van der Waals surface area (Å²) in [5.74, 6) is 2.04. The summed E-state index contributed by atoms with van der Waals surface area (Å²) in [6.45, 7) is 0. The van der Waals surface area contributed by atoms with Crippen LogP contribution in [0.25, 0.3) is 0 Å². The van der Waals surface area contributed by atoms with E-state index in [1.807, 2.05) is 6.07 Å². The number of ether oxygens (including phenoxy) is 2. The van der Waals surface area contributed by atoms with Crippen LogP contribution in [0.4, 0.5) is 23.1 Å². The molecule has 2 aromatic carbocycles. The third-order valence-corrected chi connectivity index (χ3v) is 3.52. The Balaban J connectivity index is 1.85. The number of anilines is 4. The van der Waals surface area contributed by atoms with Gasteiger partial charge in [0.2, 0.25) is 5.95 Å². The first-order valence-corrected chi connectivity index (χ1v) is 7.68. The SMILES string of the molecule is COc1ccc(OC)c(Nc2cnnc(Nc3ccccc3C#N)n2)c1. The highest BCUT2D eigenvalue weighted by atomic mass is 16.5. The molecule has 0 saturated carbocycles. The Kier molecular flexibility index (Phi) is 5.10. The fourth-order valence-corrected chi connectivity index (χ4v) is 2.28. The van der Waals surface area contributed by atoms with Crippen molar-refractivity contribution in [2.24, 2.45) is 0 Å². The van der Waals surface area contributed by atoms with E-state index >= 15 is 0 Å². The van der Waals surface area contributed by atoms with Gasteiger partial charge in [-0.1, -0.05) is 12.1 Å². The molecule has 0 fully saturated rings. The van der Waals surface area contributed by atoms with Gasteiger partial charge < -0.3 is 20.1 Å². The Morgan fingerprint density at radius 3 is 2.62 bits per heavy atom. The molecule has 3 rings (SSSR count). The highest BCUT2D eigenvalue weighted by Crippen LogP contribution is 2.31. The van der Waals surface area contributed by atoms with Crippen LogP contribution in [-0.2, 0) is 0 Å². The minimum Gasteiger partial charge on any atom is -0.497 e. The molecule has 0 aliphatic carbocycles. The molecule has 1 aromatic heterocycles. The van der Waals surface area contributed by atoms with Crippen molar-refractivity contribution < 1.29 is 9.47 Å². The van der Waals surface area contributed by atoms with Crippen molar-refractivity contribution in [1.82, 2.24) is 15.2 Å². The summed E-state index contributed by atoms with van der Waals surface area (Å²) in [7, 11) is 3.17. The van der Waals surface area contributed by atoms with Crippen LogP contribution >= 0.6 is 0 Å². The fraction of sp³-hybridized carbons (Fsp3) is 0.111. The van der Waals surface area contributed by atoms with Gasteiger partial charge in [0.1, 0.15) is 17.6 Å². The summed E-state index contributed by atoms with van der Waals surface area (Å²) in [5, 5.41) is 23.2. The van der Waals surface area contributed by atoms with Gasteiger partial charge in [-0.05, 0) is 24.3 Å². The van der Waals surface area contributed by atoms with Crippen molar-refractivity contribution in [3.05, 3.63) is 54.2 Å². The summed E-state index contributed by atoms with van der Waals surface area (Å²) in [6, 6.07) is 14.6. The number of methoxy groups -OCH3 is 2. The molecule has 0 unspecified atom stereocenters. The highest BCUT2D eigenvalue weighted by Gasteiger charge is 2.09. The van der Waals surface area contributed by atoms with Gasteiger partial charge >= 0.3 is 0 Å². The zero-order valence-corrected chi connectivity index (χ0v) is 14.2. The van der Waals surface area contributed by atoms with E-state index < -0.39 is 0 Å². The molecule has 0 atom stereocenters. The Morgan fingerprint density at radius 2 is 1.85 bits per heavy atom. The number of nitrogens with one attached hydrogen (secondary N) is 2. The van der Waals surface area contributed by atoms with E-state index in [9.17, 15) is 0 Å². The summed E-state index contributed by atoms with van der Waals surface area (Å²) in [6.07, 6.45) is 1.49. The van der Waals surface area contributed by atoms with Gasteiger partial charge in [-0.2, -0.15) is 15.3 Å². The summed E-state index contributed by atoms with van der Waals surface area (Å²) < 4.78 is 10.6. The lowest BCUT2D eigenvalue weighted by Crippen LogP contribution is -2.04. The molecule has 0 saturated heterocycles. The van der Waals surface area contributed by atoms with Gasteiger partial charge in [0.15, 0.2) is 5.82 Å². The molecule has 130 valence electrons. The Morgan fingerprint density at radius 1 is 1.00 bits per heavy atom. The lowest BCUT2D eigenvalue weighted by Gasteiger charge is -2.12. The Bertz CT molecular complexity index is 954. The first-order valence-electron chi connectivity index (χ1n) is 7.68. The van der Waals surface area contributed by atoms with Crippen molar-refractivity contribution in [1.29, 1.82) is 5.26 Å². The van der Waals surface area contributed by atoms with E-state index in [1.54, 1.807) is 50.6 Å². The van der Waals surface area contributed by atoms with Gasteiger partial charge in [-0.25, -0.2) is 0 Å². The molecule has 8 nitrogen and oxygen atoms in total. The lowest BCUT2D eigenvalue weighted by molar-refractivity contribution is 0.405. The standard InChI is InChI=1S/C18H16N6O2/c1-25-13-7-8-16(26-2)15(9-13)21-17-11-20-24-18(23-17)22-14-6-4-3-5-12(14)10-19/h3-9,11H,1-2H3,(H2,21,22,23,24). The van der Waals surface area contributed by atoms with E-state index in [0.29, 0.717) is 34.3 Å². The fourth-order valence-electron chi connectivity index (χ4n) is 2.28. The highest BCUT2D eigenvalue weighted by molar-refractivity contribution is 5.67. The lowest BCUT2D eigenvalue weighted by atomic mass is 10.2. The second-order valence-electron chi connectivity index (χ2n) is 5.14. The van der Waals surface area contributed by atoms with Crippen LogP contribution in [0.5, 0.6) is 11.5 Å². The van der Waals surface area contributed by atoms with Crippen molar-refractivity contribution in [2.45, 2.75) is 0 Å². The molecule has 26 heavy (non-hydrogen) atoms. The number of rotatable bonds is 6. The molecule has 0 bridgehead atoms. The maximum absolute atomic E-state index is 9.17. The Labute approximate surface area is 150 Å². The molecule has 3 aromatic rings. The normalized spacial score (nSPS) is 9.88. The molecule has 0 aliphatic rings. The van der Waals surface area contributed by atoms with Crippen LogP contribution in [-0.4, -0.2) is 29.4 Å². The Hall–Kier alpha value is -3.86. The van der Waals surface area contributed by atoms with E-state index in [4.69, 9.17) is 14.7 Å². The van der Waals surface area contributed by atoms with Gasteiger partial charge in [-0.3, -0.25) is 0 Å². The number of hydrogen-bond donors (Lipinski definition) is 2. The molecule has 0 radical (unpaired) electrons. The topological polar surface area (TPSA) is 105 Å². The maximum Gasteiger partial charge on any atom is 0.249 e. The van der Waals surface area contributed by atoms with E-state index in [-0.39, 0.29) is 5.95 Å². The maximum atomic E-state index is 9.17. The van der Waals surface area contributed by atoms with Crippen LogP contribution in [0.15, 0.2) is 48.7 Å². The third-order valence-electron chi connectivity index (χ3n) is 3.52. The number of hydrogen-bond acceptors (Lipinski definition) is 8. The minimum absolute atomic E-state index is 0.263. The van der Waals surface area contributed by atoms with Crippen molar-refractivity contribution in [3.63, 3.8) is 0 Å². The van der Waals surface area contributed by atoms with Gasteiger partial charge in [0.25, 0.3) is 0 Å². The minimum atomic E-state index is 0.263. The predicted octanol–water partition coefficient (Wildman–Crippen LogP) is 3.25. The van der Waals surface area contributed by atoms with Gasteiger partial charge in [-0.15, -0.1) is 5.10 Å². The second kappa shape index (κ2) is 7.81. The van der Waals surface area contributed by atoms with Gasteiger partial charge in [0.05, 0.1) is 37.4 Å². The molecule has 8 heteroatoms. The molecular formula is C18H16N6O2. The molecular weight excluding hydrogens is 332 g/mol. The molecule has 0 amide bonds. The van der Waals surface area contributed by atoms with Crippen LogP contribution in [0, 0.1) is 11.3 Å². The van der Waals surface area contributed by atoms with Crippen LogP contribution in [0.3, 0.4) is 0 Å². The van der Waals surface area contributed by atoms with Gasteiger partial charge in [0, 0.05) is 6.07 Å². The summed E-state index contributed by atoms with van der Waals surface area (Å²) in [4.78, 5) is 4.37. The number of nitrogens with zero attached hydrogens (tertiary/aromatic N) is 4. The average molecular weight is 348 g/mol. The van der Waals surface area contributed by atoms with Crippen molar-refractivity contribution >= 4 is 23.1 Å². The smallest absolute Gasteiger partial charge is 0.249 e. The molecule has 1 heterocycles. The summed E-state index contributed by atoms with van der Waals surface area (Å²) >= 11 is 0. The monoisotopic (exact) mass is 348 g/mol. The number of nitriles is 1. The van der Waals surface area contributed by atoms with Crippen molar-refractivity contribution in [3.8, 4) is 17.6 Å². The largest absolute Gasteiger partial charge is 0.497 e. The first kappa shape index (κ1) is 17.0. The quantitative estimate of drug-likeness (QED) is 0.699. The summed E-state index contributed by atoms with van der Waals surface area (Å²) in [5.41, 5.74) is 1.77. The molecule has 0 spiro atoms.